The molecule has 2 aromatic carbocycles. The van der Waals surface area contributed by atoms with Crippen molar-refractivity contribution in [3.63, 3.8) is 0 Å². The molecule has 140 valence electrons. The van der Waals surface area contributed by atoms with E-state index in [0.29, 0.717) is 37.4 Å². The van der Waals surface area contributed by atoms with Crippen LogP contribution in [0.5, 0.6) is 11.5 Å². The fourth-order valence-corrected chi connectivity index (χ4v) is 3.02. The molecule has 1 fully saturated rings. The van der Waals surface area contributed by atoms with Gasteiger partial charge < -0.3 is 14.4 Å². The van der Waals surface area contributed by atoms with E-state index >= 15 is 0 Å². The molecule has 1 aliphatic heterocycles. The van der Waals surface area contributed by atoms with Crippen molar-refractivity contribution in [2.24, 2.45) is 5.92 Å². The zero-order valence-corrected chi connectivity index (χ0v) is 15.3. The lowest BCUT2D eigenvalue weighted by atomic mass is 9.97. The van der Waals surface area contributed by atoms with Gasteiger partial charge in [-0.15, -0.1) is 0 Å². The van der Waals surface area contributed by atoms with Gasteiger partial charge in [-0.1, -0.05) is 30.3 Å². The molecular weight excluding hydrogens is 342 g/mol. The maximum absolute atomic E-state index is 12.3. The van der Waals surface area contributed by atoms with Crippen molar-refractivity contribution in [3.05, 3.63) is 66.2 Å². The van der Waals surface area contributed by atoms with Crippen LogP contribution in [0.1, 0.15) is 18.4 Å². The van der Waals surface area contributed by atoms with E-state index in [2.05, 4.69) is 0 Å². The summed E-state index contributed by atoms with van der Waals surface area (Å²) in [6.45, 7) is 1.11. The Balaban J connectivity index is 1.48. The lowest BCUT2D eigenvalue weighted by molar-refractivity contribution is -0.142. The van der Waals surface area contributed by atoms with E-state index in [1.807, 2.05) is 36.4 Å². The van der Waals surface area contributed by atoms with Crippen LogP contribution in [-0.2, 0) is 9.59 Å². The highest BCUT2D eigenvalue weighted by Crippen LogP contribution is 2.22. The number of likely N-dealkylation sites (tertiary alicyclic amines) is 1. The van der Waals surface area contributed by atoms with Crippen molar-refractivity contribution in [1.29, 1.82) is 0 Å². The van der Waals surface area contributed by atoms with E-state index < -0.39 is 0 Å². The molecule has 0 N–H and O–H groups in total. The molecule has 0 unspecified atom stereocenters. The summed E-state index contributed by atoms with van der Waals surface area (Å²) in [5, 5.41) is 0. The number of amides is 1. The van der Waals surface area contributed by atoms with E-state index in [0.717, 1.165) is 5.56 Å². The van der Waals surface area contributed by atoms with E-state index in [1.165, 1.54) is 0 Å². The van der Waals surface area contributed by atoms with Crippen molar-refractivity contribution in [2.45, 2.75) is 12.8 Å². The third-order valence-electron chi connectivity index (χ3n) is 4.64. The average Bonchev–Trinajstić information content (AvgIpc) is 2.73. The molecule has 1 amide bonds. The second-order valence-electron chi connectivity index (χ2n) is 6.44. The predicted molar refractivity (Wildman–Crippen MR) is 103 cm³/mol. The maximum atomic E-state index is 12.3. The first-order valence-corrected chi connectivity index (χ1v) is 9.03. The van der Waals surface area contributed by atoms with Crippen molar-refractivity contribution < 1.29 is 19.1 Å². The van der Waals surface area contributed by atoms with Crippen LogP contribution in [0, 0.1) is 5.92 Å². The minimum Gasteiger partial charge on any atom is -0.497 e. The zero-order chi connectivity index (χ0) is 19.1. The van der Waals surface area contributed by atoms with Gasteiger partial charge in [-0.2, -0.15) is 0 Å². The molecule has 0 spiro atoms. The smallest absolute Gasteiger partial charge is 0.314 e. The lowest BCUT2D eigenvalue weighted by Crippen LogP contribution is -2.40. The second-order valence-corrected chi connectivity index (χ2v) is 6.44. The minimum atomic E-state index is -0.243. The molecule has 27 heavy (non-hydrogen) atoms. The molecule has 5 nitrogen and oxygen atoms in total. The monoisotopic (exact) mass is 365 g/mol. The van der Waals surface area contributed by atoms with Gasteiger partial charge in [-0.05, 0) is 48.7 Å². The summed E-state index contributed by atoms with van der Waals surface area (Å²) in [4.78, 5) is 26.4. The number of rotatable bonds is 5. The van der Waals surface area contributed by atoms with Gasteiger partial charge in [0.2, 0.25) is 5.91 Å². The quantitative estimate of drug-likeness (QED) is 0.462. The van der Waals surface area contributed by atoms with Crippen LogP contribution in [0.25, 0.3) is 6.08 Å². The number of hydrogen-bond donors (Lipinski definition) is 0. The van der Waals surface area contributed by atoms with Gasteiger partial charge >= 0.3 is 5.97 Å². The Labute approximate surface area is 159 Å². The summed E-state index contributed by atoms with van der Waals surface area (Å²) in [6.07, 6.45) is 4.62. The Kier molecular flexibility index (Phi) is 6.26. The van der Waals surface area contributed by atoms with Crippen LogP contribution in [0.4, 0.5) is 0 Å². The average molecular weight is 365 g/mol. The largest absolute Gasteiger partial charge is 0.497 e. The van der Waals surface area contributed by atoms with Crippen LogP contribution < -0.4 is 9.47 Å². The molecule has 1 saturated heterocycles. The zero-order valence-electron chi connectivity index (χ0n) is 15.3. The summed E-state index contributed by atoms with van der Waals surface area (Å²) in [5.74, 6) is 0.762. The highest BCUT2D eigenvalue weighted by molar-refractivity contribution is 5.92. The molecule has 3 rings (SSSR count). The summed E-state index contributed by atoms with van der Waals surface area (Å²) in [5.41, 5.74) is 0.990. The number of carbonyl (C=O) groups excluding carboxylic acids is 2. The number of esters is 1. The van der Waals surface area contributed by atoms with E-state index in [4.69, 9.17) is 9.47 Å². The first-order valence-electron chi connectivity index (χ1n) is 9.03. The van der Waals surface area contributed by atoms with Crippen LogP contribution in [0.15, 0.2) is 60.7 Å². The van der Waals surface area contributed by atoms with E-state index in [9.17, 15) is 9.59 Å². The van der Waals surface area contributed by atoms with Gasteiger partial charge in [0.05, 0.1) is 13.0 Å². The van der Waals surface area contributed by atoms with E-state index in [-0.39, 0.29) is 17.8 Å². The van der Waals surface area contributed by atoms with Crippen LogP contribution in [0.3, 0.4) is 0 Å². The fourth-order valence-electron chi connectivity index (χ4n) is 3.02. The highest BCUT2D eigenvalue weighted by Gasteiger charge is 2.28. The third-order valence-corrected chi connectivity index (χ3v) is 4.64. The van der Waals surface area contributed by atoms with Gasteiger partial charge in [0.25, 0.3) is 0 Å². The molecule has 0 atom stereocenters. The van der Waals surface area contributed by atoms with Crippen LogP contribution in [0.2, 0.25) is 0 Å². The molecule has 0 saturated carbocycles. The molecule has 0 bridgehead atoms. The summed E-state index contributed by atoms with van der Waals surface area (Å²) in [6, 6.07) is 16.6. The number of benzene rings is 2. The third kappa shape index (κ3) is 5.20. The Morgan fingerprint density at radius 1 is 0.963 bits per heavy atom. The predicted octanol–water partition coefficient (Wildman–Crippen LogP) is 3.55. The number of hydrogen-bond acceptors (Lipinski definition) is 4. The number of carbonyl (C=O) groups is 2. The van der Waals surface area contributed by atoms with Crippen molar-refractivity contribution in [3.8, 4) is 11.5 Å². The van der Waals surface area contributed by atoms with Crippen molar-refractivity contribution >= 4 is 18.0 Å². The summed E-state index contributed by atoms with van der Waals surface area (Å²) < 4.78 is 10.5. The molecule has 1 heterocycles. The molecule has 2 aromatic rings. The number of nitrogens with zero attached hydrogens (tertiary/aromatic N) is 1. The fraction of sp³-hybridized carbons (Fsp3) is 0.273. The second kappa shape index (κ2) is 9.03. The maximum Gasteiger partial charge on any atom is 0.314 e. The molecular formula is C22H23NO4. The molecule has 0 aliphatic carbocycles. The van der Waals surface area contributed by atoms with Crippen LogP contribution in [-0.4, -0.2) is 37.0 Å². The summed E-state index contributed by atoms with van der Waals surface area (Å²) >= 11 is 0. The molecule has 5 heteroatoms. The Morgan fingerprint density at radius 2 is 1.59 bits per heavy atom. The first kappa shape index (κ1) is 18.7. The first-order chi connectivity index (χ1) is 13.2. The van der Waals surface area contributed by atoms with Gasteiger partial charge in [0.15, 0.2) is 0 Å². The Hall–Kier alpha value is -3.08. The lowest BCUT2D eigenvalue weighted by Gasteiger charge is -2.30. The number of methoxy groups -OCH3 is 1. The molecule has 0 radical (unpaired) electrons. The van der Waals surface area contributed by atoms with E-state index in [1.54, 1.807) is 42.4 Å². The Morgan fingerprint density at radius 3 is 2.22 bits per heavy atom. The molecule has 1 aliphatic rings. The topological polar surface area (TPSA) is 55.8 Å². The van der Waals surface area contributed by atoms with Gasteiger partial charge in [0, 0.05) is 19.2 Å². The van der Waals surface area contributed by atoms with Gasteiger partial charge in [-0.25, -0.2) is 0 Å². The number of piperidine rings is 1. The minimum absolute atomic E-state index is 0.0270. The van der Waals surface area contributed by atoms with Gasteiger partial charge in [-0.3, -0.25) is 9.59 Å². The SMILES string of the molecule is COc1ccc(OC(=O)C2CCN(C(=O)/C=C/c3ccccc3)CC2)cc1. The van der Waals surface area contributed by atoms with Crippen molar-refractivity contribution in [2.75, 3.05) is 20.2 Å². The Bertz CT molecular complexity index is 791. The number of ether oxygens (including phenoxy) is 2. The summed E-state index contributed by atoms with van der Waals surface area (Å²) in [7, 11) is 1.59. The highest BCUT2D eigenvalue weighted by atomic mass is 16.5. The van der Waals surface area contributed by atoms with Gasteiger partial charge in [0.1, 0.15) is 11.5 Å². The van der Waals surface area contributed by atoms with Crippen molar-refractivity contribution in [1.82, 2.24) is 4.90 Å². The standard InChI is InChI=1S/C22H23NO4/c1-26-19-8-10-20(11-9-19)27-22(25)18-13-15-23(16-14-18)21(24)12-7-17-5-3-2-4-6-17/h2-12,18H,13-16H2,1H3/b12-7+. The molecule has 0 aromatic heterocycles. The van der Waals surface area contributed by atoms with Crippen LogP contribution >= 0.6 is 0 Å². The normalized spacial score (nSPS) is 14.9.